The number of nitrogens with one attached hydrogen (secondary N) is 1. The van der Waals surface area contributed by atoms with Crippen LogP contribution in [-0.2, 0) is 14.8 Å². The Morgan fingerprint density at radius 1 is 1.35 bits per heavy atom. The number of halogens is 1. The van der Waals surface area contributed by atoms with Crippen molar-refractivity contribution in [1.82, 2.24) is 9.62 Å². The number of amides is 1. The van der Waals surface area contributed by atoms with E-state index in [1.54, 1.807) is 37.8 Å². The molecule has 1 saturated heterocycles. The number of ether oxygens (including phenoxy) is 2. The smallest absolute Gasteiger partial charge is 0.410 e. The van der Waals surface area contributed by atoms with Crippen molar-refractivity contribution in [3.8, 4) is 5.75 Å². The molecule has 7 nitrogen and oxygen atoms in total. The van der Waals surface area contributed by atoms with E-state index >= 15 is 0 Å². The van der Waals surface area contributed by atoms with E-state index in [1.807, 2.05) is 6.92 Å². The highest BCUT2D eigenvalue weighted by Crippen LogP contribution is 2.29. The maximum absolute atomic E-state index is 12.8. The highest BCUT2D eigenvalue weighted by atomic mass is 79.9. The fourth-order valence-corrected chi connectivity index (χ4v) is 4.78. The third-order valence-electron chi connectivity index (χ3n) is 3.94. The summed E-state index contributed by atoms with van der Waals surface area (Å²) in [6.07, 6.45) is 0.0705. The van der Waals surface area contributed by atoms with Crippen LogP contribution in [0.15, 0.2) is 27.6 Å². The molecule has 1 heterocycles. The number of likely N-dealkylation sites (tertiary alicyclic amines) is 1. The number of sulfonamides is 1. The highest BCUT2D eigenvalue weighted by molar-refractivity contribution is 9.10. The van der Waals surface area contributed by atoms with Crippen molar-refractivity contribution >= 4 is 32.0 Å². The molecule has 1 amide bonds. The molecule has 0 saturated carbocycles. The third-order valence-corrected chi connectivity index (χ3v) is 5.97. The zero-order valence-electron chi connectivity index (χ0n) is 15.6. The van der Waals surface area contributed by atoms with Crippen LogP contribution in [0.1, 0.15) is 34.1 Å². The molecule has 1 aliphatic heterocycles. The summed E-state index contributed by atoms with van der Waals surface area (Å²) in [5, 5.41) is 0. The molecule has 0 unspecified atom stereocenters. The molecule has 1 aliphatic rings. The lowest BCUT2D eigenvalue weighted by atomic mass is 10.2. The minimum absolute atomic E-state index is 0.0535. The minimum Gasteiger partial charge on any atom is -0.495 e. The fourth-order valence-electron chi connectivity index (χ4n) is 2.83. The summed E-state index contributed by atoms with van der Waals surface area (Å²) < 4.78 is 39.4. The maximum atomic E-state index is 12.8. The molecular formula is C17H25BrN2O5S. The molecule has 146 valence electrons. The van der Waals surface area contributed by atoms with Crippen LogP contribution >= 0.6 is 15.9 Å². The minimum atomic E-state index is -3.80. The molecule has 1 aromatic carbocycles. The molecule has 9 heteroatoms. The van der Waals surface area contributed by atoms with Gasteiger partial charge in [-0.15, -0.1) is 0 Å². The summed E-state index contributed by atoms with van der Waals surface area (Å²) in [6.45, 7) is 7.52. The number of methoxy groups -OCH3 is 1. The van der Waals surface area contributed by atoms with Gasteiger partial charge < -0.3 is 14.4 Å². The Balaban J connectivity index is 2.14. The first-order valence-electron chi connectivity index (χ1n) is 8.28. The van der Waals surface area contributed by atoms with E-state index in [4.69, 9.17) is 9.47 Å². The Labute approximate surface area is 163 Å². The first kappa shape index (κ1) is 21.0. The second-order valence-corrected chi connectivity index (χ2v) is 9.93. The quantitative estimate of drug-likeness (QED) is 0.764. The second kappa shape index (κ2) is 7.74. The molecule has 0 bridgehead atoms. The van der Waals surface area contributed by atoms with Gasteiger partial charge in [0, 0.05) is 23.1 Å². The van der Waals surface area contributed by atoms with Crippen LogP contribution < -0.4 is 9.46 Å². The molecule has 2 rings (SSSR count). The Bertz CT molecular complexity index is 776. The van der Waals surface area contributed by atoms with Gasteiger partial charge in [0.25, 0.3) is 0 Å². The molecular weight excluding hydrogens is 424 g/mol. The van der Waals surface area contributed by atoms with Gasteiger partial charge in [0.15, 0.2) is 0 Å². The molecule has 0 aromatic heterocycles. The van der Waals surface area contributed by atoms with Crippen molar-refractivity contribution in [2.75, 3.05) is 13.7 Å². The Hall–Kier alpha value is -1.32. The number of nitrogens with zero attached hydrogens (tertiary/aromatic N) is 1. The molecule has 26 heavy (non-hydrogen) atoms. The van der Waals surface area contributed by atoms with Crippen LogP contribution in [0.3, 0.4) is 0 Å². The second-order valence-electron chi connectivity index (χ2n) is 7.33. The van der Waals surface area contributed by atoms with Gasteiger partial charge in [-0.05, 0) is 52.3 Å². The molecule has 1 aromatic rings. The molecule has 0 spiro atoms. The van der Waals surface area contributed by atoms with Crippen LogP contribution in [0.25, 0.3) is 0 Å². The highest BCUT2D eigenvalue weighted by Gasteiger charge is 2.37. The predicted molar refractivity (Wildman–Crippen MR) is 102 cm³/mol. The van der Waals surface area contributed by atoms with Crippen molar-refractivity contribution in [3.05, 3.63) is 22.7 Å². The van der Waals surface area contributed by atoms with Crippen molar-refractivity contribution in [2.24, 2.45) is 0 Å². The van der Waals surface area contributed by atoms with Gasteiger partial charge in [-0.1, -0.05) is 15.9 Å². The zero-order chi connectivity index (χ0) is 19.7. The summed E-state index contributed by atoms with van der Waals surface area (Å²) in [5.41, 5.74) is -0.599. The van der Waals surface area contributed by atoms with Crippen molar-refractivity contribution in [1.29, 1.82) is 0 Å². The van der Waals surface area contributed by atoms with E-state index in [9.17, 15) is 13.2 Å². The summed E-state index contributed by atoms with van der Waals surface area (Å²) in [6, 6.07) is 4.27. The average Bonchev–Trinajstić information content (AvgIpc) is 2.85. The summed E-state index contributed by atoms with van der Waals surface area (Å²) in [4.78, 5) is 13.9. The number of hydrogen-bond acceptors (Lipinski definition) is 5. The Kier molecular flexibility index (Phi) is 6.24. The van der Waals surface area contributed by atoms with E-state index in [0.29, 0.717) is 10.9 Å². The normalized spacial score (nSPS) is 20.9. The average molecular weight is 449 g/mol. The molecule has 1 N–H and O–H groups in total. The zero-order valence-corrected chi connectivity index (χ0v) is 18.0. The van der Waals surface area contributed by atoms with Crippen LogP contribution in [0, 0.1) is 0 Å². The summed E-state index contributed by atoms with van der Waals surface area (Å²) in [5.74, 6) is 0.260. The first-order valence-corrected chi connectivity index (χ1v) is 10.6. The van der Waals surface area contributed by atoms with Gasteiger partial charge in [-0.25, -0.2) is 17.9 Å². The topological polar surface area (TPSA) is 84.9 Å². The van der Waals surface area contributed by atoms with E-state index < -0.39 is 27.8 Å². The lowest BCUT2D eigenvalue weighted by molar-refractivity contribution is 0.0236. The van der Waals surface area contributed by atoms with Gasteiger partial charge in [0.05, 0.1) is 7.11 Å². The molecule has 0 radical (unpaired) electrons. The maximum Gasteiger partial charge on any atom is 0.410 e. The SMILES string of the molecule is COc1ccc(Br)cc1S(=O)(=O)N[C@@H]1C[C@H](C)N(C(=O)OC(C)(C)C)C1. The largest absolute Gasteiger partial charge is 0.495 e. The number of benzene rings is 1. The van der Waals surface area contributed by atoms with Gasteiger partial charge in [-0.2, -0.15) is 0 Å². The monoisotopic (exact) mass is 448 g/mol. The van der Waals surface area contributed by atoms with Crippen LogP contribution in [0.2, 0.25) is 0 Å². The van der Waals surface area contributed by atoms with Gasteiger partial charge in [0.2, 0.25) is 10.0 Å². The number of rotatable bonds is 4. The standard InChI is InChI=1S/C17H25BrN2O5S/c1-11-8-13(10-20(11)16(21)25-17(2,3)4)19-26(22,23)15-9-12(18)6-7-14(15)24-5/h6-7,9,11,13,19H,8,10H2,1-5H3/t11-,13+/m0/s1. The van der Waals surface area contributed by atoms with Crippen LogP contribution in [0.5, 0.6) is 5.75 Å². The van der Waals surface area contributed by atoms with Crippen molar-refractivity contribution in [2.45, 2.75) is 56.7 Å². The van der Waals surface area contributed by atoms with Gasteiger partial charge in [0.1, 0.15) is 16.2 Å². The fraction of sp³-hybridized carbons (Fsp3) is 0.588. The predicted octanol–water partition coefficient (Wildman–Crippen LogP) is 3.13. The Morgan fingerprint density at radius 3 is 2.58 bits per heavy atom. The van der Waals surface area contributed by atoms with E-state index in [-0.39, 0.29) is 23.2 Å². The van der Waals surface area contributed by atoms with E-state index in [1.165, 1.54) is 13.2 Å². The van der Waals surface area contributed by atoms with Gasteiger partial charge in [-0.3, -0.25) is 0 Å². The molecule has 2 atom stereocenters. The van der Waals surface area contributed by atoms with Crippen LogP contribution in [0.4, 0.5) is 4.79 Å². The number of carbonyl (C=O) groups is 1. The lowest BCUT2D eigenvalue weighted by Gasteiger charge is -2.27. The van der Waals surface area contributed by atoms with Gasteiger partial charge >= 0.3 is 6.09 Å². The lowest BCUT2D eigenvalue weighted by Crippen LogP contribution is -2.41. The van der Waals surface area contributed by atoms with Crippen molar-refractivity contribution < 1.29 is 22.7 Å². The third kappa shape index (κ3) is 5.11. The molecule has 0 aliphatic carbocycles. The number of hydrogen-bond donors (Lipinski definition) is 1. The van der Waals surface area contributed by atoms with E-state index in [2.05, 4.69) is 20.7 Å². The van der Waals surface area contributed by atoms with Crippen molar-refractivity contribution in [3.63, 3.8) is 0 Å². The van der Waals surface area contributed by atoms with Crippen LogP contribution in [-0.4, -0.2) is 50.8 Å². The summed E-state index contributed by atoms with van der Waals surface area (Å²) in [7, 11) is -2.38. The summed E-state index contributed by atoms with van der Waals surface area (Å²) >= 11 is 3.28. The number of carbonyl (C=O) groups excluding carboxylic acids is 1. The Morgan fingerprint density at radius 2 is 2.00 bits per heavy atom. The molecule has 1 fully saturated rings. The van der Waals surface area contributed by atoms with E-state index in [0.717, 1.165) is 0 Å². The first-order chi connectivity index (χ1) is 11.9.